The first kappa shape index (κ1) is 18.1. The number of aromatic nitrogens is 1. The number of carbonyl (C=O) groups is 1. The largest absolute Gasteiger partial charge is 0.346 e. The third-order valence-electron chi connectivity index (χ3n) is 3.51. The molecule has 1 aromatic carbocycles. The maximum absolute atomic E-state index is 12.3. The predicted octanol–water partition coefficient (Wildman–Crippen LogP) is 3.18. The van der Waals surface area contributed by atoms with Gasteiger partial charge in [0.05, 0.1) is 12.2 Å². The molecular weight excluding hydrogens is 370 g/mol. The molecule has 0 bridgehead atoms. The molecule has 1 amide bonds. The fraction of sp³-hybridized carbons (Fsp3) is 0.111. The van der Waals surface area contributed by atoms with Gasteiger partial charge in [0.15, 0.2) is 0 Å². The zero-order valence-electron chi connectivity index (χ0n) is 14.0. The van der Waals surface area contributed by atoms with Crippen molar-refractivity contribution in [2.75, 3.05) is 4.72 Å². The lowest BCUT2D eigenvalue weighted by Gasteiger charge is -2.09. The third kappa shape index (κ3) is 4.47. The number of aryl methyl sites for hydroxylation is 1. The van der Waals surface area contributed by atoms with Crippen LogP contribution < -0.4 is 10.0 Å². The SMILES string of the molecule is Cc1cccc(CNC(=O)c2cccc(NS(=O)(=O)c3cccs3)c2)n1. The van der Waals surface area contributed by atoms with Crippen LogP contribution in [-0.4, -0.2) is 19.3 Å². The van der Waals surface area contributed by atoms with Gasteiger partial charge in [-0.15, -0.1) is 11.3 Å². The molecule has 8 heteroatoms. The van der Waals surface area contributed by atoms with Crippen LogP contribution in [0, 0.1) is 6.92 Å². The molecule has 3 rings (SSSR count). The summed E-state index contributed by atoms with van der Waals surface area (Å²) in [6.07, 6.45) is 0. The average molecular weight is 387 g/mol. The number of amides is 1. The van der Waals surface area contributed by atoms with Crippen molar-refractivity contribution in [1.29, 1.82) is 0 Å². The van der Waals surface area contributed by atoms with E-state index in [1.807, 2.05) is 25.1 Å². The summed E-state index contributed by atoms with van der Waals surface area (Å²) in [7, 11) is -3.65. The van der Waals surface area contributed by atoms with Gasteiger partial charge in [-0.05, 0) is 48.7 Å². The first-order valence-electron chi connectivity index (χ1n) is 7.81. The highest BCUT2D eigenvalue weighted by atomic mass is 32.2. The van der Waals surface area contributed by atoms with E-state index in [0.717, 1.165) is 22.7 Å². The maximum Gasteiger partial charge on any atom is 0.271 e. The summed E-state index contributed by atoms with van der Waals surface area (Å²) in [4.78, 5) is 16.7. The summed E-state index contributed by atoms with van der Waals surface area (Å²) in [5.74, 6) is -0.300. The fourth-order valence-corrected chi connectivity index (χ4v) is 4.36. The zero-order valence-corrected chi connectivity index (χ0v) is 15.6. The molecule has 2 N–H and O–H groups in total. The highest BCUT2D eigenvalue weighted by molar-refractivity contribution is 7.94. The molecule has 0 fully saturated rings. The van der Waals surface area contributed by atoms with E-state index >= 15 is 0 Å². The van der Waals surface area contributed by atoms with Gasteiger partial charge in [-0.25, -0.2) is 8.42 Å². The second-order valence-corrected chi connectivity index (χ2v) is 8.43. The van der Waals surface area contributed by atoms with Crippen molar-refractivity contribution >= 4 is 33.0 Å². The minimum absolute atomic E-state index is 0.220. The van der Waals surface area contributed by atoms with E-state index in [1.165, 1.54) is 12.1 Å². The average Bonchev–Trinajstić information content (AvgIpc) is 3.15. The summed E-state index contributed by atoms with van der Waals surface area (Å²) >= 11 is 1.13. The molecule has 0 unspecified atom stereocenters. The van der Waals surface area contributed by atoms with Gasteiger partial charge in [0.25, 0.3) is 15.9 Å². The Balaban J connectivity index is 1.69. The molecule has 2 heterocycles. The van der Waals surface area contributed by atoms with Gasteiger partial charge in [-0.1, -0.05) is 18.2 Å². The highest BCUT2D eigenvalue weighted by Gasteiger charge is 2.16. The summed E-state index contributed by atoms with van der Waals surface area (Å²) in [5.41, 5.74) is 2.33. The quantitative estimate of drug-likeness (QED) is 0.680. The molecular formula is C18H17N3O3S2. The molecule has 0 aliphatic rings. The van der Waals surface area contributed by atoms with Gasteiger partial charge in [-0.2, -0.15) is 0 Å². The Hall–Kier alpha value is -2.71. The van der Waals surface area contributed by atoms with Crippen molar-refractivity contribution < 1.29 is 13.2 Å². The fourth-order valence-electron chi connectivity index (χ4n) is 2.32. The number of nitrogens with one attached hydrogen (secondary N) is 2. The van der Waals surface area contributed by atoms with Gasteiger partial charge < -0.3 is 5.32 Å². The maximum atomic E-state index is 12.3. The minimum atomic E-state index is -3.65. The van der Waals surface area contributed by atoms with E-state index in [4.69, 9.17) is 0 Å². The molecule has 2 aromatic heterocycles. The second-order valence-electron chi connectivity index (χ2n) is 5.57. The number of carbonyl (C=O) groups excluding carboxylic acids is 1. The van der Waals surface area contributed by atoms with E-state index in [9.17, 15) is 13.2 Å². The van der Waals surface area contributed by atoms with Gasteiger partial charge >= 0.3 is 0 Å². The molecule has 134 valence electrons. The van der Waals surface area contributed by atoms with E-state index in [-0.39, 0.29) is 10.1 Å². The molecule has 26 heavy (non-hydrogen) atoms. The van der Waals surface area contributed by atoms with Crippen molar-refractivity contribution in [3.8, 4) is 0 Å². The van der Waals surface area contributed by atoms with E-state index < -0.39 is 10.0 Å². The molecule has 0 aliphatic carbocycles. The molecule has 0 saturated heterocycles. The Morgan fingerprint density at radius 1 is 1.12 bits per heavy atom. The van der Waals surface area contributed by atoms with Crippen molar-refractivity contribution in [3.63, 3.8) is 0 Å². The van der Waals surface area contributed by atoms with Crippen LogP contribution in [0.3, 0.4) is 0 Å². The monoisotopic (exact) mass is 387 g/mol. The van der Waals surface area contributed by atoms with Crippen molar-refractivity contribution in [3.05, 3.63) is 76.9 Å². The summed E-state index contributed by atoms with van der Waals surface area (Å²) in [6.45, 7) is 2.18. The van der Waals surface area contributed by atoms with Crippen LogP contribution in [0.15, 0.2) is 64.2 Å². The lowest BCUT2D eigenvalue weighted by molar-refractivity contribution is 0.0950. The predicted molar refractivity (Wildman–Crippen MR) is 102 cm³/mol. The number of hydrogen-bond donors (Lipinski definition) is 2. The van der Waals surface area contributed by atoms with Crippen LogP contribution in [0.2, 0.25) is 0 Å². The topological polar surface area (TPSA) is 88.2 Å². The summed E-state index contributed by atoms with van der Waals surface area (Å²) in [6, 6.07) is 15.2. The zero-order chi connectivity index (χ0) is 18.6. The number of sulfonamides is 1. The van der Waals surface area contributed by atoms with Crippen molar-refractivity contribution in [2.45, 2.75) is 17.7 Å². The lowest BCUT2D eigenvalue weighted by Crippen LogP contribution is -2.23. The van der Waals surface area contributed by atoms with Gasteiger partial charge in [0.1, 0.15) is 4.21 Å². The van der Waals surface area contributed by atoms with Crippen LogP contribution >= 0.6 is 11.3 Å². The van der Waals surface area contributed by atoms with Crippen LogP contribution in [0.25, 0.3) is 0 Å². The number of pyridine rings is 1. The van der Waals surface area contributed by atoms with Crippen LogP contribution in [0.1, 0.15) is 21.7 Å². The van der Waals surface area contributed by atoms with Crippen LogP contribution in [0.4, 0.5) is 5.69 Å². The first-order chi connectivity index (χ1) is 12.4. The van der Waals surface area contributed by atoms with E-state index in [1.54, 1.807) is 29.6 Å². The molecule has 0 saturated carbocycles. The lowest BCUT2D eigenvalue weighted by atomic mass is 10.2. The number of anilines is 1. The number of benzene rings is 1. The second kappa shape index (κ2) is 7.67. The smallest absolute Gasteiger partial charge is 0.271 e. The van der Waals surface area contributed by atoms with E-state index in [2.05, 4.69) is 15.0 Å². The molecule has 3 aromatic rings. The Morgan fingerprint density at radius 3 is 2.65 bits per heavy atom. The summed E-state index contributed by atoms with van der Waals surface area (Å²) in [5, 5.41) is 4.48. The number of rotatable bonds is 6. The van der Waals surface area contributed by atoms with Crippen molar-refractivity contribution in [1.82, 2.24) is 10.3 Å². The van der Waals surface area contributed by atoms with Crippen LogP contribution in [0.5, 0.6) is 0 Å². The Kier molecular flexibility index (Phi) is 5.34. The number of nitrogens with zero attached hydrogens (tertiary/aromatic N) is 1. The minimum Gasteiger partial charge on any atom is -0.346 e. The molecule has 0 radical (unpaired) electrons. The standard InChI is InChI=1S/C18H17N3O3S2/c1-13-5-2-8-16(20-13)12-19-18(22)14-6-3-7-15(11-14)21-26(23,24)17-9-4-10-25-17/h2-11,21H,12H2,1H3,(H,19,22). The van der Waals surface area contributed by atoms with Gasteiger partial charge in [0.2, 0.25) is 0 Å². The molecule has 0 atom stereocenters. The molecule has 0 aliphatic heterocycles. The Morgan fingerprint density at radius 2 is 1.92 bits per heavy atom. The van der Waals surface area contributed by atoms with Gasteiger partial charge in [-0.3, -0.25) is 14.5 Å². The van der Waals surface area contributed by atoms with Crippen molar-refractivity contribution in [2.24, 2.45) is 0 Å². The highest BCUT2D eigenvalue weighted by Crippen LogP contribution is 2.20. The van der Waals surface area contributed by atoms with E-state index in [0.29, 0.717) is 17.8 Å². The number of hydrogen-bond acceptors (Lipinski definition) is 5. The Bertz CT molecular complexity index is 1020. The van der Waals surface area contributed by atoms with Gasteiger partial charge in [0, 0.05) is 16.9 Å². The Labute approximate surface area is 156 Å². The number of thiophene rings is 1. The first-order valence-corrected chi connectivity index (χ1v) is 10.2. The van der Waals surface area contributed by atoms with Crippen LogP contribution in [-0.2, 0) is 16.6 Å². The third-order valence-corrected chi connectivity index (χ3v) is 6.29. The molecule has 6 nitrogen and oxygen atoms in total. The summed E-state index contributed by atoms with van der Waals surface area (Å²) < 4.78 is 27.3. The normalized spacial score (nSPS) is 11.1. The molecule has 0 spiro atoms.